The maximum Gasteiger partial charge on any atom is 0.143 e. The highest BCUT2D eigenvalue weighted by Gasteiger charge is 2.37. The molecule has 3 aromatic carbocycles. The molecule has 152 valence electrons. The van der Waals surface area contributed by atoms with E-state index in [9.17, 15) is 10.2 Å². The second-order valence-corrected chi connectivity index (χ2v) is 7.66. The zero-order valence-corrected chi connectivity index (χ0v) is 16.9. The smallest absolute Gasteiger partial charge is 0.143 e. The Morgan fingerprint density at radius 3 is 1.41 bits per heavy atom. The van der Waals surface area contributed by atoms with Crippen LogP contribution in [-0.4, -0.2) is 30.0 Å². The van der Waals surface area contributed by atoms with Crippen LogP contribution in [-0.2, 0) is 10.3 Å². The number of ether oxygens (including phenoxy) is 1. The van der Waals surface area contributed by atoms with Crippen molar-refractivity contribution in [1.82, 2.24) is 0 Å². The molecule has 3 nitrogen and oxygen atoms in total. The molecule has 0 heterocycles. The van der Waals surface area contributed by atoms with Crippen LogP contribution in [0.5, 0.6) is 0 Å². The molecule has 0 amide bonds. The lowest BCUT2D eigenvalue weighted by Gasteiger charge is -2.37. The van der Waals surface area contributed by atoms with Crippen LogP contribution < -0.4 is 0 Å². The van der Waals surface area contributed by atoms with E-state index in [2.05, 4.69) is 43.3 Å². The predicted octanol–water partition coefficient (Wildman–Crippen LogP) is 4.62. The van der Waals surface area contributed by atoms with Gasteiger partial charge in [-0.3, -0.25) is 0 Å². The molecule has 3 aromatic rings. The van der Waals surface area contributed by atoms with Gasteiger partial charge in [0, 0.05) is 19.1 Å². The fraction of sp³-hybridized carbons (Fsp3) is 0.308. The van der Waals surface area contributed by atoms with E-state index in [1.165, 1.54) is 0 Å². The molecule has 0 bridgehead atoms. The summed E-state index contributed by atoms with van der Waals surface area (Å²) < 4.78 is 6.78. The molecule has 0 aromatic heterocycles. The molecule has 3 rings (SSSR count). The summed E-state index contributed by atoms with van der Waals surface area (Å²) in [7, 11) is 0. The molecule has 29 heavy (non-hydrogen) atoms. The van der Waals surface area contributed by atoms with E-state index in [0.717, 1.165) is 16.7 Å². The average Bonchev–Trinajstić information content (AvgIpc) is 2.80. The van der Waals surface area contributed by atoms with Gasteiger partial charge in [0.2, 0.25) is 0 Å². The molecule has 0 spiro atoms. The fourth-order valence-corrected chi connectivity index (χ4v) is 3.88. The van der Waals surface area contributed by atoms with Gasteiger partial charge in [0.05, 0.1) is 6.61 Å². The first-order valence-electron chi connectivity index (χ1n) is 10.2. The topological polar surface area (TPSA) is 49.7 Å². The molecule has 3 heteroatoms. The Morgan fingerprint density at radius 1 is 0.690 bits per heavy atom. The van der Waals surface area contributed by atoms with Crippen molar-refractivity contribution in [3.05, 3.63) is 108 Å². The van der Waals surface area contributed by atoms with Crippen molar-refractivity contribution in [2.45, 2.75) is 18.9 Å². The molecular formula is C26H30O3. The van der Waals surface area contributed by atoms with Crippen LogP contribution in [0.25, 0.3) is 0 Å². The summed E-state index contributed by atoms with van der Waals surface area (Å²) in [6, 6.07) is 30.9. The summed E-state index contributed by atoms with van der Waals surface area (Å²) in [5.74, 6) is 0.0722. The third-order valence-corrected chi connectivity index (χ3v) is 5.38. The fourth-order valence-electron chi connectivity index (χ4n) is 3.88. The number of aliphatic hydroxyl groups is 2. The van der Waals surface area contributed by atoms with Gasteiger partial charge in [0.1, 0.15) is 5.60 Å². The summed E-state index contributed by atoms with van der Waals surface area (Å²) in [6.45, 7) is 2.59. The molecule has 0 saturated carbocycles. The third kappa shape index (κ3) is 4.94. The van der Waals surface area contributed by atoms with Gasteiger partial charge >= 0.3 is 0 Å². The minimum Gasteiger partial charge on any atom is -0.396 e. The minimum absolute atomic E-state index is 0.0119. The van der Waals surface area contributed by atoms with Crippen molar-refractivity contribution in [2.24, 2.45) is 11.8 Å². The van der Waals surface area contributed by atoms with E-state index in [1.807, 2.05) is 54.6 Å². The highest BCUT2D eigenvalue weighted by atomic mass is 16.5. The van der Waals surface area contributed by atoms with Gasteiger partial charge in [0.15, 0.2) is 0 Å². The van der Waals surface area contributed by atoms with E-state index < -0.39 is 5.60 Å². The van der Waals surface area contributed by atoms with Crippen LogP contribution in [0, 0.1) is 11.8 Å². The number of benzene rings is 3. The number of aliphatic hydroxyl groups excluding tert-OH is 2. The van der Waals surface area contributed by atoms with Gasteiger partial charge in [-0.25, -0.2) is 0 Å². The van der Waals surface area contributed by atoms with E-state index in [1.54, 1.807) is 0 Å². The van der Waals surface area contributed by atoms with E-state index in [-0.39, 0.29) is 25.0 Å². The second-order valence-electron chi connectivity index (χ2n) is 7.66. The molecule has 2 N–H and O–H groups in total. The van der Waals surface area contributed by atoms with Crippen LogP contribution in [0.15, 0.2) is 91.0 Å². The minimum atomic E-state index is -0.730. The first-order valence-corrected chi connectivity index (χ1v) is 10.2. The first kappa shape index (κ1) is 21.3. The van der Waals surface area contributed by atoms with Crippen molar-refractivity contribution in [1.29, 1.82) is 0 Å². The Morgan fingerprint density at radius 2 is 1.07 bits per heavy atom. The SMILES string of the molecule is C[C@H](COC(c1ccccc1)(c1ccccc1)c1ccccc1)CC(CO)CO. The first-order chi connectivity index (χ1) is 14.2. The zero-order chi connectivity index (χ0) is 20.5. The van der Waals surface area contributed by atoms with Crippen LogP contribution in [0.1, 0.15) is 30.0 Å². The average molecular weight is 391 g/mol. The summed E-state index contributed by atoms with van der Waals surface area (Å²) in [4.78, 5) is 0. The Kier molecular flexibility index (Phi) is 7.59. The number of hydrogen-bond donors (Lipinski definition) is 2. The maximum absolute atomic E-state index is 9.44. The van der Waals surface area contributed by atoms with Crippen LogP contribution in [0.4, 0.5) is 0 Å². The van der Waals surface area contributed by atoms with E-state index in [4.69, 9.17) is 4.74 Å². The maximum atomic E-state index is 9.44. The van der Waals surface area contributed by atoms with Crippen molar-refractivity contribution in [2.75, 3.05) is 19.8 Å². The Bertz CT molecular complexity index is 733. The predicted molar refractivity (Wildman–Crippen MR) is 117 cm³/mol. The Balaban J connectivity index is 2.03. The third-order valence-electron chi connectivity index (χ3n) is 5.38. The molecule has 0 unspecified atom stereocenters. The summed E-state index contributed by atoms with van der Waals surface area (Å²) >= 11 is 0. The van der Waals surface area contributed by atoms with Gasteiger partial charge in [-0.05, 0) is 29.0 Å². The molecule has 0 saturated heterocycles. The van der Waals surface area contributed by atoms with Gasteiger partial charge in [-0.1, -0.05) is 97.9 Å². The Hall–Kier alpha value is -2.46. The Labute approximate surface area is 173 Å². The normalized spacial score (nSPS) is 12.8. The van der Waals surface area contributed by atoms with Gasteiger partial charge in [-0.2, -0.15) is 0 Å². The largest absolute Gasteiger partial charge is 0.396 e. The van der Waals surface area contributed by atoms with Crippen molar-refractivity contribution < 1.29 is 14.9 Å². The zero-order valence-electron chi connectivity index (χ0n) is 16.9. The van der Waals surface area contributed by atoms with Crippen LogP contribution >= 0.6 is 0 Å². The highest BCUT2D eigenvalue weighted by molar-refractivity contribution is 5.47. The summed E-state index contributed by atoms with van der Waals surface area (Å²) in [5.41, 5.74) is 2.49. The number of rotatable bonds is 10. The monoisotopic (exact) mass is 390 g/mol. The van der Waals surface area contributed by atoms with Gasteiger partial charge in [0.25, 0.3) is 0 Å². The van der Waals surface area contributed by atoms with Gasteiger partial charge < -0.3 is 14.9 Å². The lowest BCUT2D eigenvalue weighted by Crippen LogP contribution is -2.34. The van der Waals surface area contributed by atoms with Crippen molar-refractivity contribution in [3.63, 3.8) is 0 Å². The van der Waals surface area contributed by atoms with E-state index >= 15 is 0 Å². The van der Waals surface area contributed by atoms with Crippen molar-refractivity contribution in [3.8, 4) is 0 Å². The molecular weight excluding hydrogens is 360 g/mol. The van der Waals surface area contributed by atoms with Gasteiger partial charge in [-0.15, -0.1) is 0 Å². The van der Waals surface area contributed by atoms with Crippen molar-refractivity contribution >= 4 is 0 Å². The molecule has 0 radical (unpaired) electrons. The molecule has 0 aliphatic rings. The molecule has 0 aliphatic heterocycles. The quantitative estimate of drug-likeness (QED) is 0.497. The highest BCUT2D eigenvalue weighted by Crippen LogP contribution is 2.40. The lowest BCUT2D eigenvalue weighted by atomic mass is 9.80. The van der Waals surface area contributed by atoms with Crippen LogP contribution in [0.2, 0.25) is 0 Å². The summed E-state index contributed by atoms with van der Waals surface area (Å²) in [5, 5.41) is 18.9. The molecule has 1 atom stereocenters. The molecule has 0 aliphatic carbocycles. The standard InChI is InChI=1S/C26H30O3/c1-21(17-22(18-27)19-28)20-29-26(23-11-5-2-6-12-23,24-13-7-3-8-14-24)25-15-9-4-10-16-25/h2-16,21-22,27-28H,17-20H2,1H3/t21-/m0/s1. The van der Waals surface area contributed by atoms with E-state index in [0.29, 0.717) is 13.0 Å². The number of hydrogen-bond acceptors (Lipinski definition) is 3. The van der Waals surface area contributed by atoms with Crippen LogP contribution in [0.3, 0.4) is 0 Å². The lowest BCUT2D eigenvalue weighted by molar-refractivity contribution is -0.0125. The summed E-state index contributed by atoms with van der Waals surface area (Å²) in [6.07, 6.45) is 0.710. The molecule has 0 fully saturated rings. The second kappa shape index (κ2) is 10.4.